The molecule has 0 amide bonds. The van der Waals surface area contributed by atoms with Crippen LogP contribution in [0.3, 0.4) is 0 Å². The standard InChI is InChI=1S/C25H31N7O/c1-6-25(4,5)32-22(28-29-30-32)16-31(14-19-8-7-9-26-13-19)15-21-12-20-11-17(2)10-18(3)23(20)27-24(21)33/h7-13H,6,14-16H2,1-5H3,(H,27,33). The van der Waals surface area contributed by atoms with E-state index in [0.717, 1.165) is 34.3 Å². The summed E-state index contributed by atoms with van der Waals surface area (Å²) in [6.07, 6.45) is 4.51. The van der Waals surface area contributed by atoms with Crippen molar-refractivity contribution in [2.75, 3.05) is 0 Å². The second kappa shape index (κ2) is 9.23. The normalized spacial score (nSPS) is 12.1. The quantitative estimate of drug-likeness (QED) is 0.443. The third kappa shape index (κ3) is 5.01. The lowest BCUT2D eigenvalue weighted by atomic mass is 10.0. The predicted octanol–water partition coefficient (Wildman–Crippen LogP) is 3.87. The summed E-state index contributed by atoms with van der Waals surface area (Å²) in [6.45, 7) is 12.1. The number of tetrazole rings is 1. The summed E-state index contributed by atoms with van der Waals surface area (Å²) >= 11 is 0. The van der Waals surface area contributed by atoms with Gasteiger partial charge in [0, 0.05) is 31.0 Å². The number of nitrogens with zero attached hydrogens (tertiary/aromatic N) is 6. The molecule has 0 aliphatic heterocycles. The molecule has 0 aliphatic carbocycles. The topological polar surface area (TPSA) is 92.6 Å². The first-order chi connectivity index (χ1) is 15.8. The van der Waals surface area contributed by atoms with Crippen molar-refractivity contribution in [3.8, 4) is 0 Å². The minimum atomic E-state index is -0.200. The number of rotatable bonds is 8. The molecule has 3 heterocycles. The van der Waals surface area contributed by atoms with Crippen LogP contribution in [0.5, 0.6) is 0 Å². The van der Waals surface area contributed by atoms with Gasteiger partial charge in [-0.15, -0.1) is 5.10 Å². The Bertz CT molecular complexity index is 1310. The van der Waals surface area contributed by atoms with Crippen LogP contribution in [0.4, 0.5) is 0 Å². The smallest absolute Gasteiger partial charge is 0.252 e. The van der Waals surface area contributed by atoms with Crippen molar-refractivity contribution in [3.63, 3.8) is 0 Å². The van der Waals surface area contributed by atoms with Gasteiger partial charge in [-0.25, -0.2) is 4.68 Å². The molecule has 1 N–H and O–H groups in total. The predicted molar refractivity (Wildman–Crippen MR) is 129 cm³/mol. The van der Waals surface area contributed by atoms with Crippen LogP contribution in [-0.4, -0.2) is 35.1 Å². The molecule has 8 nitrogen and oxygen atoms in total. The van der Waals surface area contributed by atoms with E-state index in [-0.39, 0.29) is 11.1 Å². The summed E-state index contributed by atoms with van der Waals surface area (Å²) in [6, 6.07) is 10.2. The van der Waals surface area contributed by atoms with Gasteiger partial charge in [-0.1, -0.05) is 24.6 Å². The molecule has 172 valence electrons. The SMILES string of the molecule is CCC(C)(C)n1nnnc1CN(Cc1cccnc1)Cc1cc2cc(C)cc(C)c2[nH]c1=O. The first-order valence-electron chi connectivity index (χ1n) is 11.3. The van der Waals surface area contributed by atoms with Crippen LogP contribution in [0, 0.1) is 13.8 Å². The number of aryl methyl sites for hydroxylation is 2. The second-order valence-electron chi connectivity index (χ2n) is 9.35. The van der Waals surface area contributed by atoms with Crippen molar-refractivity contribution < 1.29 is 0 Å². The van der Waals surface area contributed by atoms with Crippen molar-refractivity contribution in [3.05, 3.63) is 81.2 Å². The van der Waals surface area contributed by atoms with Crippen LogP contribution in [0.2, 0.25) is 0 Å². The molecule has 33 heavy (non-hydrogen) atoms. The van der Waals surface area contributed by atoms with Gasteiger partial charge in [-0.05, 0) is 79.3 Å². The van der Waals surface area contributed by atoms with E-state index in [1.54, 1.807) is 6.20 Å². The summed E-state index contributed by atoms with van der Waals surface area (Å²) in [5.74, 6) is 0.773. The van der Waals surface area contributed by atoms with Crippen LogP contribution >= 0.6 is 0 Å². The molecular formula is C25H31N7O. The summed E-state index contributed by atoms with van der Waals surface area (Å²) in [7, 11) is 0. The minimum absolute atomic E-state index is 0.0703. The number of hydrogen-bond donors (Lipinski definition) is 1. The molecular weight excluding hydrogens is 414 g/mol. The molecule has 4 rings (SSSR count). The molecule has 0 aliphatic rings. The van der Waals surface area contributed by atoms with Crippen molar-refractivity contribution in [2.45, 2.75) is 66.2 Å². The van der Waals surface area contributed by atoms with E-state index < -0.39 is 0 Å². The van der Waals surface area contributed by atoms with Crippen molar-refractivity contribution in [1.29, 1.82) is 0 Å². The maximum atomic E-state index is 13.0. The summed E-state index contributed by atoms with van der Waals surface area (Å²) < 4.78 is 1.89. The molecule has 0 spiro atoms. The monoisotopic (exact) mass is 445 g/mol. The van der Waals surface area contributed by atoms with Gasteiger partial charge in [0.05, 0.1) is 17.6 Å². The Kier molecular flexibility index (Phi) is 6.37. The minimum Gasteiger partial charge on any atom is -0.321 e. The number of H-pyrrole nitrogens is 1. The van der Waals surface area contributed by atoms with Gasteiger partial charge >= 0.3 is 0 Å². The van der Waals surface area contributed by atoms with E-state index in [0.29, 0.717) is 25.2 Å². The average molecular weight is 446 g/mol. The van der Waals surface area contributed by atoms with Gasteiger partial charge in [0.25, 0.3) is 5.56 Å². The Labute approximate surface area is 193 Å². The lowest BCUT2D eigenvalue weighted by Crippen LogP contribution is -2.32. The number of aromatic amines is 1. The van der Waals surface area contributed by atoms with Gasteiger partial charge in [0.15, 0.2) is 5.82 Å². The highest BCUT2D eigenvalue weighted by atomic mass is 16.1. The molecule has 0 unspecified atom stereocenters. The Morgan fingerprint density at radius 1 is 1.12 bits per heavy atom. The largest absolute Gasteiger partial charge is 0.321 e. The van der Waals surface area contributed by atoms with Gasteiger partial charge in [0.1, 0.15) is 0 Å². The van der Waals surface area contributed by atoms with Gasteiger partial charge in [-0.3, -0.25) is 14.7 Å². The fraction of sp³-hybridized carbons (Fsp3) is 0.400. The van der Waals surface area contributed by atoms with Crippen molar-refractivity contribution in [1.82, 2.24) is 35.1 Å². The zero-order chi connectivity index (χ0) is 23.6. The molecule has 0 radical (unpaired) electrons. The first-order valence-corrected chi connectivity index (χ1v) is 11.3. The van der Waals surface area contributed by atoms with E-state index >= 15 is 0 Å². The van der Waals surface area contributed by atoms with E-state index in [2.05, 4.69) is 70.2 Å². The highest BCUT2D eigenvalue weighted by Gasteiger charge is 2.25. The number of nitrogens with one attached hydrogen (secondary N) is 1. The number of fused-ring (bicyclic) bond motifs is 1. The van der Waals surface area contributed by atoms with Crippen LogP contribution in [0.25, 0.3) is 10.9 Å². The fourth-order valence-electron chi connectivity index (χ4n) is 4.13. The Morgan fingerprint density at radius 3 is 2.67 bits per heavy atom. The number of pyridine rings is 2. The zero-order valence-corrected chi connectivity index (χ0v) is 20.0. The van der Waals surface area contributed by atoms with E-state index in [1.807, 2.05) is 36.0 Å². The first kappa shape index (κ1) is 22.8. The fourth-order valence-corrected chi connectivity index (χ4v) is 4.13. The Morgan fingerprint density at radius 2 is 1.94 bits per heavy atom. The highest BCUT2D eigenvalue weighted by molar-refractivity contribution is 5.82. The van der Waals surface area contributed by atoms with Crippen molar-refractivity contribution in [2.24, 2.45) is 0 Å². The summed E-state index contributed by atoms with van der Waals surface area (Å²) in [5.41, 5.74) is 4.64. The average Bonchev–Trinajstić information content (AvgIpc) is 3.24. The maximum Gasteiger partial charge on any atom is 0.252 e. The molecule has 3 aromatic heterocycles. The van der Waals surface area contributed by atoms with E-state index in [9.17, 15) is 4.79 Å². The Hall–Kier alpha value is -3.39. The van der Waals surface area contributed by atoms with Crippen LogP contribution < -0.4 is 5.56 Å². The molecule has 0 bridgehead atoms. The number of hydrogen-bond acceptors (Lipinski definition) is 6. The van der Waals surface area contributed by atoms with E-state index in [1.165, 1.54) is 5.56 Å². The number of benzene rings is 1. The van der Waals surface area contributed by atoms with Crippen molar-refractivity contribution >= 4 is 10.9 Å². The van der Waals surface area contributed by atoms with Crippen LogP contribution in [0.1, 0.15) is 55.3 Å². The summed E-state index contributed by atoms with van der Waals surface area (Å²) in [5, 5.41) is 13.5. The molecule has 0 fully saturated rings. The maximum absolute atomic E-state index is 13.0. The zero-order valence-electron chi connectivity index (χ0n) is 20.0. The third-order valence-corrected chi connectivity index (χ3v) is 6.23. The molecule has 1 aromatic carbocycles. The molecule has 0 saturated heterocycles. The molecule has 0 atom stereocenters. The molecule has 4 aromatic rings. The molecule has 0 saturated carbocycles. The summed E-state index contributed by atoms with van der Waals surface area (Å²) in [4.78, 5) is 22.5. The lowest BCUT2D eigenvalue weighted by molar-refractivity contribution is 0.216. The Balaban J connectivity index is 1.70. The highest BCUT2D eigenvalue weighted by Crippen LogP contribution is 2.22. The third-order valence-electron chi connectivity index (χ3n) is 6.23. The number of aromatic nitrogens is 6. The van der Waals surface area contributed by atoms with Crippen LogP contribution in [0.15, 0.2) is 47.5 Å². The van der Waals surface area contributed by atoms with Crippen LogP contribution in [-0.2, 0) is 25.2 Å². The second-order valence-corrected chi connectivity index (χ2v) is 9.35. The molecule has 8 heteroatoms. The lowest BCUT2D eigenvalue weighted by Gasteiger charge is -2.27. The van der Waals surface area contributed by atoms with Gasteiger partial charge in [0.2, 0.25) is 0 Å². The van der Waals surface area contributed by atoms with Gasteiger partial charge in [-0.2, -0.15) is 0 Å². The van der Waals surface area contributed by atoms with Gasteiger partial charge < -0.3 is 4.98 Å². The van der Waals surface area contributed by atoms with E-state index in [4.69, 9.17) is 0 Å².